The van der Waals surface area contributed by atoms with Crippen molar-refractivity contribution in [3.8, 4) is 5.75 Å². The van der Waals surface area contributed by atoms with Crippen LogP contribution in [-0.4, -0.2) is 68.2 Å². The number of carbonyl (C=O) groups is 2. The quantitative estimate of drug-likeness (QED) is 0.872. The Bertz CT molecular complexity index is 616. The Morgan fingerprint density at radius 2 is 2.12 bits per heavy atom. The van der Waals surface area contributed by atoms with Gasteiger partial charge < -0.3 is 19.7 Å². The van der Waals surface area contributed by atoms with Crippen LogP contribution in [0.15, 0.2) is 24.3 Å². The van der Waals surface area contributed by atoms with Gasteiger partial charge in [0.2, 0.25) is 5.91 Å². The van der Waals surface area contributed by atoms with Gasteiger partial charge in [-0.25, -0.2) is 4.79 Å². The van der Waals surface area contributed by atoms with Crippen molar-refractivity contribution in [3.05, 3.63) is 29.8 Å². The summed E-state index contributed by atoms with van der Waals surface area (Å²) in [4.78, 5) is 28.0. The molecule has 1 N–H and O–H groups in total. The number of morpholine rings is 1. The fraction of sp³-hybridized carbons (Fsp3) is 0.556. The smallest absolute Gasteiger partial charge is 0.410 e. The first-order valence-corrected chi connectivity index (χ1v) is 8.76. The molecule has 0 spiro atoms. The van der Waals surface area contributed by atoms with Crippen LogP contribution in [0.1, 0.15) is 24.4 Å². The highest BCUT2D eigenvalue weighted by molar-refractivity contribution is 5.79. The zero-order valence-electron chi connectivity index (χ0n) is 14.6. The largest absolute Gasteiger partial charge is 0.412 e. The van der Waals surface area contributed by atoms with Gasteiger partial charge in [0.25, 0.3) is 0 Å². The van der Waals surface area contributed by atoms with E-state index in [1.54, 1.807) is 6.07 Å². The van der Waals surface area contributed by atoms with Gasteiger partial charge in [-0.1, -0.05) is 12.1 Å². The molecule has 1 aromatic rings. The molecule has 25 heavy (non-hydrogen) atoms. The van der Waals surface area contributed by atoms with Gasteiger partial charge in [-0.2, -0.15) is 0 Å². The maximum atomic E-state index is 12.3. The summed E-state index contributed by atoms with van der Waals surface area (Å²) in [6.07, 6.45) is 0.864. The third-order valence-electron chi connectivity index (χ3n) is 4.75. The molecule has 2 aliphatic rings. The molecule has 1 unspecified atom stereocenters. The molecule has 3 rings (SSSR count). The molecule has 0 aliphatic carbocycles. The number of likely N-dealkylation sites (tertiary alicyclic amines) is 1. The van der Waals surface area contributed by atoms with Crippen molar-refractivity contribution in [1.29, 1.82) is 0 Å². The van der Waals surface area contributed by atoms with Crippen LogP contribution in [0.3, 0.4) is 0 Å². The highest BCUT2D eigenvalue weighted by Crippen LogP contribution is 2.34. The Balaban J connectivity index is 1.66. The number of hydrogen-bond donors (Lipinski definition) is 1. The van der Waals surface area contributed by atoms with Gasteiger partial charge in [0.1, 0.15) is 5.75 Å². The first-order valence-electron chi connectivity index (χ1n) is 8.76. The minimum Gasteiger partial charge on any atom is -0.410 e. The number of nitrogens with zero attached hydrogens (tertiary/aromatic N) is 2. The van der Waals surface area contributed by atoms with E-state index in [4.69, 9.17) is 9.47 Å². The van der Waals surface area contributed by atoms with Gasteiger partial charge in [0.05, 0.1) is 19.3 Å². The molecule has 2 fully saturated rings. The normalized spacial score (nSPS) is 21.4. The summed E-state index contributed by atoms with van der Waals surface area (Å²) in [7, 11) is 1.52. The zero-order chi connectivity index (χ0) is 17.6. The van der Waals surface area contributed by atoms with Crippen molar-refractivity contribution in [2.45, 2.75) is 18.9 Å². The topological polar surface area (TPSA) is 71.1 Å². The summed E-state index contributed by atoms with van der Waals surface area (Å²) in [5.41, 5.74) is 1.01. The van der Waals surface area contributed by atoms with Gasteiger partial charge >= 0.3 is 6.09 Å². The minimum atomic E-state index is -0.496. The maximum absolute atomic E-state index is 12.3. The molecule has 0 radical (unpaired) electrons. The van der Waals surface area contributed by atoms with E-state index in [0.29, 0.717) is 18.7 Å². The van der Waals surface area contributed by atoms with Crippen LogP contribution in [0.4, 0.5) is 4.79 Å². The molecule has 136 valence electrons. The van der Waals surface area contributed by atoms with E-state index >= 15 is 0 Å². The van der Waals surface area contributed by atoms with Gasteiger partial charge in [-0.05, 0) is 24.1 Å². The predicted molar refractivity (Wildman–Crippen MR) is 92.5 cm³/mol. The Labute approximate surface area is 147 Å². The number of carbonyl (C=O) groups excluding carboxylic acids is 2. The van der Waals surface area contributed by atoms with Gasteiger partial charge in [0, 0.05) is 39.6 Å². The van der Waals surface area contributed by atoms with Crippen LogP contribution in [0.25, 0.3) is 0 Å². The van der Waals surface area contributed by atoms with Crippen LogP contribution in [-0.2, 0) is 9.53 Å². The molecule has 2 heterocycles. The van der Waals surface area contributed by atoms with E-state index in [-0.39, 0.29) is 11.9 Å². The fourth-order valence-electron chi connectivity index (χ4n) is 3.38. The Morgan fingerprint density at radius 1 is 1.32 bits per heavy atom. The lowest BCUT2D eigenvalue weighted by molar-refractivity contribution is -0.129. The number of rotatable bonds is 5. The molecule has 7 nitrogen and oxygen atoms in total. The fourth-order valence-corrected chi connectivity index (χ4v) is 3.38. The Morgan fingerprint density at radius 3 is 2.88 bits per heavy atom. The van der Waals surface area contributed by atoms with E-state index < -0.39 is 6.09 Å². The van der Waals surface area contributed by atoms with Gasteiger partial charge in [0.15, 0.2) is 0 Å². The number of ether oxygens (including phenoxy) is 2. The van der Waals surface area contributed by atoms with Crippen molar-refractivity contribution in [2.24, 2.45) is 0 Å². The second-order valence-electron chi connectivity index (χ2n) is 6.31. The minimum absolute atomic E-state index is 0.0433. The van der Waals surface area contributed by atoms with Gasteiger partial charge in [-0.15, -0.1) is 0 Å². The second-order valence-corrected chi connectivity index (χ2v) is 6.31. The molecule has 0 bridgehead atoms. The molecular formula is C18H25N3O4. The van der Waals surface area contributed by atoms with Gasteiger partial charge in [-0.3, -0.25) is 9.69 Å². The van der Waals surface area contributed by atoms with Crippen molar-refractivity contribution in [3.63, 3.8) is 0 Å². The summed E-state index contributed by atoms with van der Waals surface area (Å²) in [5.74, 6) is 0.681. The monoisotopic (exact) mass is 347 g/mol. The van der Waals surface area contributed by atoms with E-state index in [2.05, 4.69) is 10.2 Å². The van der Waals surface area contributed by atoms with Crippen molar-refractivity contribution >= 4 is 12.0 Å². The predicted octanol–water partition coefficient (Wildman–Crippen LogP) is 1.40. The van der Waals surface area contributed by atoms with Crippen LogP contribution in [0.2, 0.25) is 0 Å². The highest BCUT2D eigenvalue weighted by Gasteiger charge is 2.32. The molecule has 2 saturated heterocycles. The van der Waals surface area contributed by atoms with Crippen molar-refractivity contribution in [2.75, 3.05) is 46.4 Å². The SMILES string of the molecule is CNC(=O)Oc1cccc(C2CCC(=O)N2CCN2CCOCC2)c1. The highest BCUT2D eigenvalue weighted by atomic mass is 16.5. The first kappa shape index (κ1) is 17.7. The summed E-state index contributed by atoms with van der Waals surface area (Å²) >= 11 is 0. The maximum Gasteiger partial charge on any atom is 0.412 e. The average Bonchev–Trinajstić information content (AvgIpc) is 3.01. The lowest BCUT2D eigenvalue weighted by Crippen LogP contribution is -2.42. The van der Waals surface area contributed by atoms with Crippen LogP contribution >= 0.6 is 0 Å². The lowest BCUT2D eigenvalue weighted by atomic mass is 10.0. The van der Waals surface area contributed by atoms with E-state index in [9.17, 15) is 9.59 Å². The third kappa shape index (κ3) is 4.49. The van der Waals surface area contributed by atoms with Crippen molar-refractivity contribution < 1.29 is 19.1 Å². The van der Waals surface area contributed by atoms with E-state index in [1.807, 2.05) is 23.1 Å². The van der Waals surface area contributed by atoms with Crippen LogP contribution in [0, 0.1) is 0 Å². The summed E-state index contributed by atoms with van der Waals surface area (Å²) in [5, 5.41) is 2.43. The molecule has 1 atom stereocenters. The number of benzene rings is 1. The summed E-state index contributed by atoms with van der Waals surface area (Å²) < 4.78 is 10.6. The number of nitrogens with one attached hydrogen (secondary N) is 1. The standard InChI is InChI=1S/C18H25N3O4/c1-19-18(23)25-15-4-2-3-14(13-15)16-5-6-17(22)21(16)8-7-20-9-11-24-12-10-20/h2-4,13,16H,5-12H2,1H3,(H,19,23). The molecule has 7 heteroatoms. The zero-order valence-corrected chi connectivity index (χ0v) is 14.6. The number of hydrogen-bond acceptors (Lipinski definition) is 5. The molecule has 0 saturated carbocycles. The molecule has 2 aliphatic heterocycles. The second kappa shape index (κ2) is 8.31. The van der Waals surface area contributed by atoms with E-state index in [0.717, 1.165) is 44.8 Å². The molecular weight excluding hydrogens is 322 g/mol. The lowest BCUT2D eigenvalue weighted by Gasteiger charge is -2.31. The third-order valence-corrected chi connectivity index (χ3v) is 4.75. The first-order chi connectivity index (χ1) is 12.2. The average molecular weight is 347 g/mol. The summed E-state index contributed by atoms with van der Waals surface area (Å²) in [6, 6.07) is 7.48. The molecule has 1 aromatic carbocycles. The van der Waals surface area contributed by atoms with Crippen molar-refractivity contribution in [1.82, 2.24) is 15.1 Å². The van der Waals surface area contributed by atoms with E-state index in [1.165, 1.54) is 7.05 Å². The number of amides is 2. The Hall–Kier alpha value is -2.12. The summed E-state index contributed by atoms with van der Waals surface area (Å²) in [6.45, 7) is 4.93. The van der Waals surface area contributed by atoms with Crippen LogP contribution < -0.4 is 10.1 Å². The Kier molecular flexibility index (Phi) is 5.88. The van der Waals surface area contributed by atoms with Crippen LogP contribution in [0.5, 0.6) is 5.75 Å². The molecule has 0 aromatic heterocycles. The molecule has 2 amide bonds.